The van der Waals surface area contributed by atoms with E-state index >= 15 is 0 Å². The highest BCUT2D eigenvalue weighted by molar-refractivity contribution is 5.68. The number of benzene rings is 1. The van der Waals surface area contributed by atoms with Gasteiger partial charge in [0.05, 0.1) is 12.8 Å². The standard InChI is InChI=1S/C12H15N3O/c1-3-10-11(14-15-12(10)13)8-4-6-9(16-2)7-5-8/h4-7H,3H2,1-2H3,(H3,13,14,15). The molecule has 4 heteroatoms. The van der Waals surface area contributed by atoms with E-state index in [-0.39, 0.29) is 0 Å². The Morgan fingerprint density at radius 1 is 1.31 bits per heavy atom. The average Bonchev–Trinajstić information content (AvgIpc) is 2.70. The molecule has 0 amide bonds. The predicted molar refractivity (Wildman–Crippen MR) is 64.4 cm³/mol. The lowest BCUT2D eigenvalue weighted by Crippen LogP contribution is -1.91. The van der Waals surface area contributed by atoms with Crippen LogP contribution < -0.4 is 10.5 Å². The number of nitrogens with zero attached hydrogens (tertiary/aromatic N) is 1. The van der Waals surface area contributed by atoms with E-state index in [2.05, 4.69) is 17.1 Å². The molecule has 1 aromatic heterocycles. The fraction of sp³-hybridized carbons (Fsp3) is 0.250. The highest BCUT2D eigenvalue weighted by Gasteiger charge is 2.10. The van der Waals surface area contributed by atoms with Gasteiger partial charge in [-0.15, -0.1) is 0 Å². The van der Waals surface area contributed by atoms with Crippen LogP contribution in [0.1, 0.15) is 12.5 Å². The summed E-state index contributed by atoms with van der Waals surface area (Å²) >= 11 is 0. The number of nitrogens with two attached hydrogens (primary N) is 1. The summed E-state index contributed by atoms with van der Waals surface area (Å²) in [7, 11) is 1.65. The molecule has 0 aliphatic rings. The normalized spacial score (nSPS) is 10.4. The molecule has 0 unspecified atom stereocenters. The minimum Gasteiger partial charge on any atom is -0.497 e. The number of rotatable bonds is 3. The second kappa shape index (κ2) is 4.26. The minimum absolute atomic E-state index is 0.577. The summed E-state index contributed by atoms with van der Waals surface area (Å²) in [5.74, 6) is 1.42. The van der Waals surface area contributed by atoms with Gasteiger partial charge in [-0.2, -0.15) is 5.10 Å². The highest BCUT2D eigenvalue weighted by Crippen LogP contribution is 2.26. The molecule has 0 aliphatic heterocycles. The van der Waals surface area contributed by atoms with E-state index in [1.54, 1.807) is 7.11 Å². The number of nitrogens with one attached hydrogen (secondary N) is 1. The summed E-state index contributed by atoms with van der Waals surface area (Å²) in [6.07, 6.45) is 0.865. The molecule has 0 fully saturated rings. The van der Waals surface area contributed by atoms with Crippen molar-refractivity contribution in [3.8, 4) is 17.0 Å². The molecule has 4 nitrogen and oxygen atoms in total. The number of ether oxygens (including phenoxy) is 1. The van der Waals surface area contributed by atoms with Crippen LogP contribution in [0.15, 0.2) is 24.3 Å². The van der Waals surface area contributed by atoms with Crippen LogP contribution >= 0.6 is 0 Å². The summed E-state index contributed by atoms with van der Waals surface area (Å²) in [5.41, 5.74) is 8.90. The van der Waals surface area contributed by atoms with Crippen LogP contribution in [0, 0.1) is 0 Å². The Balaban J connectivity index is 2.42. The molecule has 16 heavy (non-hydrogen) atoms. The number of methoxy groups -OCH3 is 1. The third-order valence-electron chi connectivity index (χ3n) is 2.63. The Hall–Kier alpha value is -1.97. The molecule has 84 valence electrons. The van der Waals surface area contributed by atoms with E-state index in [1.807, 2.05) is 24.3 Å². The Morgan fingerprint density at radius 3 is 2.56 bits per heavy atom. The van der Waals surface area contributed by atoms with Crippen LogP contribution in [-0.4, -0.2) is 17.3 Å². The van der Waals surface area contributed by atoms with Crippen molar-refractivity contribution in [1.82, 2.24) is 10.2 Å². The van der Waals surface area contributed by atoms with Gasteiger partial charge in [0.2, 0.25) is 0 Å². The largest absolute Gasteiger partial charge is 0.497 e. The van der Waals surface area contributed by atoms with Crippen LogP contribution in [0.3, 0.4) is 0 Å². The quantitative estimate of drug-likeness (QED) is 0.828. The van der Waals surface area contributed by atoms with Crippen molar-refractivity contribution in [2.24, 2.45) is 0 Å². The van der Waals surface area contributed by atoms with Crippen LogP contribution in [0.2, 0.25) is 0 Å². The molecule has 0 aliphatic carbocycles. The lowest BCUT2D eigenvalue weighted by atomic mass is 10.1. The van der Waals surface area contributed by atoms with Crippen molar-refractivity contribution in [3.63, 3.8) is 0 Å². The molecule has 0 saturated heterocycles. The maximum atomic E-state index is 5.78. The number of aromatic nitrogens is 2. The molecule has 0 saturated carbocycles. The summed E-state index contributed by atoms with van der Waals surface area (Å²) in [4.78, 5) is 0. The Morgan fingerprint density at radius 2 is 2.00 bits per heavy atom. The van der Waals surface area contributed by atoms with E-state index in [0.29, 0.717) is 5.82 Å². The molecule has 1 heterocycles. The fourth-order valence-electron chi connectivity index (χ4n) is 1.73. The van der Waals surface area contributed by atoms with Gasteiger partial charge in [-0.3, -0.25) is 5.10 Å². The van der Waals surface area contributed by atoms with Gasteiger partial charge in [0, 0.05) is 11.1 Å². The van der Waals surface area contributed by atoms with E-state index in [4.69, 9.17) is 10.5 Å². The SMILES string of the molecule is CCc1c(N)n[nH]c1-c1ccc(OC)cc1. The van der Waals surface area contributed by atoms with Crippen LogP contribution in [0.25, 0.3) is 11.3 Å². The molecule has 2 aromatic rings. The Labute approximate surface area is 94.4 Å². The van der Waals surface area contributed by atoms with Gasteiger partial charge in [-0.05, 0) is 30.7 Å². The average molecular weight is 217 g/mol. The van der Waals surface area contributed by atoms with E-state index in [0.717, 1.165) is 29.0 Å². The van der Waals surface area contributed by atoms with Gasteiger partial charge < -0.3 is 10.5 Å². The lowest BCUT2D eigenvalue weighted by molar-refractivity contribution is 0.415. The zero-order valence-electron chi connectivity index (χ0n) is 9.45. The second-order valence-electron chi connectivity index (χ2n) is 3.54. The minimum atomic E-state index is 0.577. The van der Waals surface area contributed by atoms with Crippen molar-refractivity contribution in [2.75, 3.05) is 12.8 Å². The van der Waals surface area contributed by atoms with Gasteiger partial charge in [0.15, 0.2) is 0 Å². The van der Waals surface area contributed by atoms with E-state index in [9.17, 15) is 0 Å². The topological polar surface area (TPSA) is 63.9 Å². The molecule has 0 radical (unpaired) electrons. The molecule has 1 aromatic carbocycles. The number of H-pyrrole nitrogens is 1. The van der Waals surface area contributed by atoms with Crippen molar-refractivity contribution < 1.29 is 4.74 Å². The van der Waals surface area contributed by atoms with Crippen molar-refractivity contribution in [3.05, 3.63) is 29.8 Å². The third kappa shape index (κ3) is 1.74. The second-order valence-corrected chi connectivity index (χ2v) is 3.54. The first-order valence-electron chi connectivity index (χ1n) is 5.23. The summed E-state index contributed by atoms with van der Waals surface area (Å²) in [6, 6.07) is 7.83. The van der Waals surface area contributed by atoms with Crippen molar-refractivity contribution >= 4 is 5.82 Å². The molecule has 2 rings (SSSR count). The fourth-order valence-corrected chi connectivity index (χ4v) is 1.73. The zero-order chi connectivity index (χ0) is 11.5. The molecule has 3 N–H and O–H groups in total. The van der Waals surface area contributed by atoms with E-state index in [1.165, 1.54) is 0 Å². The molecular weight excluding hydrogens is 202 g/mol. The van der Waals surface area contributed by atoms with Crippen LogP contribution in [-0.2, 0) is 6.42 Å². The van der Waals surface area contributed by atoms with Gasteiger partial charge in [0.1, 0.15) is 11.6 Å². The van der Waals surface area contributed by atoms with Crippen molar-refractivity contribution in [2.45, 2.75) is 13.3 Å². The van der Waals surface area contributed by atoms with Gasteiger partial charge in [-0.25, -0.2) is 0 Å². The summed E-state index contributed by atoms with van der Waals surface area (Å²) in [5, 5.41) is 6.99. The number of anilines is 1. The van der Waals surface area contributed by atoms with E-state index < -0.39 is 0 Å². The number of aromatic amines is 1. The predicted octanol–water partition coefficient (Wildman–Crippen LogP) is 2.23. The maximum Gasteiger partial charge on any atom is 0.149 e. The number of hydrogen-bond acceptors (Lipinski definition) is 3. The molecule has 0 atom stereocenters. The Bertz CT molecular complexity index is 474. The summed E-state index contributed by atoms with van der Waals surface area (Å²) < 4.78 is 5.12. The highest BCUT2D eigenvalue weighted by atomic mass is 16.5. The van der Waals surface area contributed by atoms with Gasteiger partial charge in [-0.1, -0.05) is 6.92 Å². The first-order valence-corrected chi connectivity index (χ1v) is 5.23. The summed E-state index contributed by atoms with van der Waals surface area (Å²) in [6.45, 7) is 2.06. The lowest BCUT2D eigenvalue weighted by Gasteiger charge is -2.03. The molecule has 0 spiro atoms. The first-order chi connectivity index (χ1) is 7.76. The first kappa shape index (κ1) is 10.5. The number of nitrogen functional groups attached to an aromatic ring is 1. The number of hydrogen-bond donors (Lipinski definition) is 2. The maximum absolute atomic E-state index is 5.78. The Kier molecular flexibility index (Phi) is 2.81. The smallest absolute Gasteiger partial charge is 0.149 e. The third-order valence-corrected chi connectivity index (χ3v) is 2.63. The zero-order valence-corrected chi connectivity index (χ0v) is 9.45. The molecular formula is C12H15N3O. The van der Waals surface area contributed by atoms with Crippen LogP contribution in [0.5, 0.6) is 5.75 Å². The van der Waals surface area contributed by atoms with Gasteiger partial charge >= 0.3 is 0 Å². The van der Waals surface area contributed by atoms with Crippen LogP contribution in [0.4, 0.5) is 5.82 Å². The molecule has 0 bridgehead atoms. The monoisotopic (exact) mass is 217 g/mol. The van der Waals surface area contributed by atoms with Crippen molar-refractivity contribution in [1.29, 1.82) is 0 Å². The van der Waals surface area contributed by atoms with Gasteiger partial charge in [0.25, 0.3) is 0 Å².